The zero-order valence-electron chi connectivity index (χ0n) is 10.2. The van der Waals surface area contributed by atoms with Crippen LogP contribution < -0.4 is 11.1 Å². The number of hydrogen-bond donors (Lipinski definition) is 2. The van der Waals surface area contributed by atoms with Crippen LogP contribution in [-0.4, -0.2) is 18.6 Å². The second-order valence-corrected chi connectivity index (χ2v) is 4.45. The summed E-state index contributed by atoms with van der Waals surface area (Å²) in [6.45, 7) is 3.30. The van der Waals surface area contributed by atoms with Crippen LogP contribution in [-0.2, 0) is 6.42 Å². The summed E-state index contributed by atoms with van der Waals surface area (Å²) in [5.41, 5.74) is 6.64. The molecule has 0 radical (unpaired) electrons. The van der Waals surface area contributed by atoms with Crippen LogP contribution in [0, 0.1) is 18.2 Å². The van der Waals surface area contributed by atoms with Crippen LogP contribution in [0.25, 0.3) is 0 Å². The minimum Gasteiger partial charge on any atom is -0.329 e. The van der Waals surface area contributed by atoms with Crippen molar-refractivity contribution in [1.29, 1.82) is 0 Å². The summed E-state index contributed by atoms with van der Waals surface area (Å²) in [5, 5.41) is 3.35. The van der Waals surface area contributed by atoms with E-state index in [1.54, 1.807) is 12.1 Å². The summed E-state index contributed by atoms with van der Waals surface area (Å²) < 4.78 is 12.8. The topological polar surface area (TPSA) is 38.0 Å². The molecule has 0 saturated carbocycles. The first-order chi connectivity index (χ1) is 8.09. The maximum Gasteiger partial charge on any atom is 0.123 e. The standard InChI is InChI=1S/C14H19FN2/c1-3-4-9-17-14(2,11-16)10-12-5-7-13(15)8-6-12/h1,5-8,17H,4,9-11,16H2,2H3. The van der Waals surface area contributed by atoms with E-state index in [-0.39, 0.29) is 11.4 Å². The first kappa shape index (κ1) is 13.7. The lowest BCUT2D eigenvalue weighted by Crippen LogP contribution is -2.50. The van der Waals surface area contributed by atoms with Crippen molar-refractivity contribution >= 4 is 0 Å². The van der Waals surface area contributed by atoms with E-state index in [9.17, 15) is 4.39 Å². The van der Waals surface area contributed by atoms with Crippen LogP contribution in [0.15, 0.2) is 24.3 Å². The molecule has 0 bridgehead atoms. The number of rotatable bonds is 6. The molecular weight excluding hydrogens is 215 g/mol. The summed E-state index contributed by atoms with van der Waals surface area (Å²) in [4.78, 5) is 0. The van der Waals surface area contributed by atoms with E-state index in [0.29, 0.717) is 13.0 Å². The van der Waals surface area contributed by atoms with Crippen LogP contribution in [0.5, 0.6) is 0 Å². The average molecular weight is 234 g/mol. The van der Waals surface area contributed by atoms with Crippen molar-refractivity contribution in [3.8, 4) is 12.3 Å². The first-order valence-electron chi connectivity index (χ1n) is 5.73. The number of halogens is 1. The minimum absolute atomic E-state index is 0.200. The molecule has 0 saturated heterocycles. The van der Waals surface area contributed by atoms with Crippen LogP contribution in [0.4, 0.5) is 4.39 Å². The Bertz CT molecular complexity index is 380. The SMILES string of the molecule is C#CCCNC(C)(CN)Cc1ccc(F)cc1. The normalized spacial score (nSPS) is 14.0. The molecule has 3 heteroatoms. The number of nitrogens with one attached hydrogen (secondary N) is 1. The van der Waals surface area contributed by atoms with Gasteiger partial charge in [0.2, 0.25) is 0 Å². The zero-order chi connectivity index (χ0) is 12.7. The molecule has 0 aliphatic heterocycles. The Labute approximate surface area is 102 Å². The molecule has 0 heterocycles. The van der Waals surface area contributed by atoms with Gasteiger partial charge in [-0.1, -0.05) is 12.1 Å². The van der Waals surface area contributed by atoms with Gasteiger partial charge in [0.05, 0.1) is 0 Å². The van der Waals surface area contributed by atoms with Gasteiger partial charge in [-0.3, -0.25) is 0 Å². The quantitative estimate of drug-likeness (QED) is 0.581. The van der Waals surface area contributed by atoms with Crippen molar-refractivity contribution in [2.24, 2.45) is 5.73 Å². The third-order valence-electron chi connectivity index (χ3n) is 2.78. The third kappa shape index (κ3) is 4.56. The van der Waals surface area contributed by atoms with E-state index in [4.69, 9.17) is 12.2 Å². The third-order valence-corrected chi connectivity index (χ3v) is 2.78. The van der Waals surface area contributed by atoms with Gasteiger partial charge in [-0.25, -0.2) is 4.39 Å². The largest absolute Gasteiger partial charge is 0.329 e. The van der Waals surface area contributed by atoms with Crippen molar-refractivity contribution in [2.45, 2.75) is 25.3 Å². The molecule has 0 aliphatic carbocycles. The summed E-state index contributed by atoms with van der Waals surface area (Å²) in [6, 6.07) is 6.50. The van der Waals surface area contributed by atoms with E-state index < -0.39 is 0 Å². The van der Waals surface area contributed by atoms with E-state index in [2.05, 4.69) is 11.2 Å². The molecule has 0 aromatic heterocycles. The lowest BCUT2D eigenvalue weighted by molar-refractivity contribution is 0.366. The highest BCUT2D eigenvalue weighted by Crippen LogP contribution is 2.13. The summed E-state index contributed by atoms with van der Waals surface area (Å²) in [7, 11) is 0. The van der Waals surface area contributed by atoms with E-state index >= 15 is 0 Å². The van der Waals surface area contributed by atoms with E-state index in [1.165, 1.54) is 12.1 Å². The second-order valence-electron chi connectivity index (χ2n) is 4.45. The molecule has 0 amide bonds. The second kappa shape index (κ2) is 6.39. The maximum absolute atomic E-state index is 12.8. The Morgan fingerprint density at radius 1 is 1.41 bits per heavy atom. The summed E-state index contributed by atoms with van der Waals surface area (Å²) in [6.07, 6.45) is 6.64. The van der Waals surface area contributed by atoms with Crippen LogP contribution in [0.3, 0.4) is 0 Å². The lowest BCUT2D eigenvalue weighted by atomic mass is 9.92. The predicted molar refractivity (Wildman–Crippen MR) is 69.0 cm³/mol. The molecule has 1 unspecified atom stereocenters. The Hall–Kier alpha value is -1.37. The van der Waals surface area contributed by atoms with Crippen molar-refractivity contribution in [2.75, 3.05) is 13.1 Å². The molecule has 92 valence electrons. The van der Waals surface area contributed by atoms with Gasteiger partial charge in [-0.05, 0) is 31.0 Å². The fourth-order valence-corrected chi connectivity index (χ4v) is 1.70. The van der Waals surface area contributed by atoms with Crippen LogP contribution in [0.2, 0.25) is 0 Å². The smallest absolute Gasteiger partial charge is 0.123 e. The van der Waals surface area contributed by atoms with E-state index in [0.717, 1.165) is 18.5 Å². The van der Waals surface area contributed by atoms with Gasteiger partial charge in [0.1, 0.15) is 5.82 Å². The Balaban J connectivity index is 2.61. The molecule has 2 nitrogen and oxygen atoms in total. The van der Waals surface area contributed by atoms with Crippen LogP contribution in [0.1, 0.15) is 18.9 Å². The fraction of sp³-hybridized carbons (Fsp3) is 0.429. The monoisotopic (exact) mass is 234 g/mol. The Morgan fingerprint density at radius 2 is 2.06 bits per heavy atom. The highest BCUT2D eigenvalue weighted by Gasteiger charge is 2.21. The van der Waals surface area contributed by atoms with Gasteiger partial charge in [0.15, 0.2) is 0 Å². The molecule has 1 aromatic carbocycles. The Morgan fingerprint density at radius 3 is 2.59 bits per heavy atom. The number of benzene rings is 1. The molecule has 1 aromatic rings. The first-order valence-corrected chi connectivity index (χ1v) is 5.73. The van der Waals surface area contributed by atoms with Gasteiger partial charge in [0, 0.05) is 25.0 Å². The average Bonchev–Trinajstić information content (AvgIpc) is 2.33. The molecule has 0 fully saturated rings. The van der Waals surface area contributed by atoms with Crippen molar-refractivity contribution in [3.63, 3.8) is 0 Å². The number of terminal acetylenes is 1. The minimum atomic E-state index is -0.219. The van der Waals surface area contributed by atoms with Gasteiger partial charge >= 0.3 is 0 Å². The maximum atomic E-state index is 12.8. The highest BCUT2D eigenvalue weighted by atomic mass is 19.1. The van der Waals surface area contributed by atoms with Gasteiger partial charge in [0.25, 0.3) is 0 Å². The van der Waals surface area contributed by atoms with Crippen molar-refractivity contribution in [1.82, 2.24) is 5.32 Å². The number of hydrogen-bond acceptors (Lipinski definition) is 2. The number of nitrogens with two attached hydrogens (primary N) is 1. The van der Waals surface area contributed by atoms with Crippen LogP contribution >= 0.6 is 0 Å². The summed E-state index contributed by atoms with van der Waals surface area (Å²) in [5.74, 6) is 2.36. The predicted octanol–water partition coefficient (Wildman–Crippen LogP) is 1.70. The van der Waals surface area contributed by atoms with Gasteiger partial charge in [-0.2, -0.15) is 0 Å². The lowest BCUT2D eigenvalue weighted by Gasteiger charge is -2.29. The Kier molecular flexibility index (Phi) is 5.14. The molecular formula is C14H19FN2. The molecule has 0 aliphatic rings. The van der Waals surface area contributed by atoms with Crippen molar-refractivity contribution in [3.05, 3.63) is 35.6 Å². The molecule has 1 rings (SSSR count). The molecule has 3 N–H and O–H groups in total. The van der Waals surface area contributed by atoms with Gasteiger partial charge < -0.3 is 11.1 Å². The van der Waals surface area contributed by atoms with Crippen molar-refractivity contribution < 1.29 is 4.39 Å². The fourth-order valence-electron chi connectivity index (χ4n) is 1.70. The summed E-state index contributed by atoms with van der Waals surface area (Å²) >= 11 is 0. The van der Waals surface area contributed by atoms with E-state index in [1.807, 2.05) is 6.92 Å². The van der Waals surface area contributed by atoms with Gasteiger partial charge in [-0.15, -0.1) is 12.3 Å². The zero-order valence-corrected chi connectivity index (χ0v) is 10.2. The highest BCUT2D eigenvalue weighted by molar-refractivity contribution is 5.19. The molecule has 1 atom stereocenters. The molecule has 17 heavy (non-hydrogen) atoms. The molecule has 0 spiro atoms.